The van der Waals surface area contributed by atoms with Crippen LogP contribution in [0.15, 0.2) is 6.20 Å². The number of carboxylic acid groups (broad SMARTS) is 1. The first-order valence-electron chi connectivity index (χ1n) is 4.39. The Balaban J connectivity index is 3.07. The van der Waals surface area contributed by atoms with Crippen LogP contribution >= 0.6 is 0 Å². The highest BCUT2D eigenvalue weighted by molar-refractivity contribution is 5.90. The van der Waals surface area contributed by atoms with Crippen molar-refractivity contribution in [3.8, 4) is 0 Å². The molecule has 2 unspecified atom stereocenters. The minimum Gasteiger partial charge on any atom is -0.476 e. The van der Waals surface area contributed by atoms with Gasteiger partial charge in [-0.25, -0.2) is 14.8 Å². The van der Waals surface area contributed by atoms with Crippen molar-refractivity contribution in [3.63, 3.8) is 0 Å². The topological polar surface area (TPSA) is 156 Å². The van der Waals surface area contributed by atoms with Gasteiger partial charge in [-0.1, -0.05) is 0 Å². The fourth-order valence-corrected chi connectivity index (χ4v) is 1.04. The van der Waals surface area contributed by atoms with Gasteiger partial charge in [0.05, 0.1) is 18.0 Å². The number of anilines is 1. The maximum Gasteiger partial charge on any atom is 0.358 e. The van der Waals surface area contributed by atoms with Gasteiger partial charge in [-0.2, -0.15) is 0 Å². The molecule has 0 aromatic carbocycles. The summed E-state index contributed by atoms with van der Waals surface area (Å²) < 4.78 is 0. The molecule has 0 saturated carbocycles. The second-order valence-electron chi connectivity index (χ2n) is 3.08. The molecule has 1 aromatic heterocycles. The van der Waals surface area contributed by atoms with Crippen molar-refractivity contribution in [1.29, 1.82) is 0 Å². The van der Waals surface area contributed by atoms with Crippen molar-refractivity contribution in [1.82, 2.24) is 9.97 Å². The Labute approximate surface area is 90.6 Å². The number of aliphatic hydroxyl groups is 2. The molecular weight excluding hydrogens is 216 g/mol. The number of hydrogen-bond donors (Lipinski definition) is 5. The number of hydrogen-bond acceptors (Lipinski definition) is 7. The number of nitrogens with zero attached hydrogens (tertiary/aromatic N) is 2. The first-order valence-corrected chi connectivity index (χ1v) is 4.39. The van der Waals surface area contributed by atoms with E-state index in [1.165, 1.54) is 0 Å². The Morgan fingerprint density at radius 1 is 1.50 bits per heavy atom. The molecule has 1 rings (SSSR count). The highest BCUT2D eigenvalue weighted by Crippen LogP contribution is 2.15. The van der Waals surface area contributed by atoms with E-state index in [4.69, 9.17) is 16.6 Å². The van der Waals surface area contributed by atoms with Gasteiger partial charge >= 0.3 is 5.97 Å². The number of carboxylic acids is 1. The van der Waals surface area contributed by atoms with E-state index in [0.29, 0.717) is 0 Å². The van der Waals surface area contributed by atoms with Crippen LogP contribution in [0.4, 0.5) is 5.82 Å². The van der Waals surface area contributed by atoms with Gasteiger partial charge < -0.3 is 26.8 Å². The Morgan fingerprint density at radius 2 is 2.12 bits per heavy atom. The molecule has 0 aliphatic carbocycles. The summed E-state index contributed by atoms with van der Waals surface area (Å²) in [5.41, 5.74) is 9.85. The van der Waals surface area contributed by atoms with E-state index in [1.807, 2.05) is 0 Å². The van der Waals surface area contributed by atoms with Crippen LogP contribution in [0, 0.1) is 0 Å². The molecule has 1 heterocycles. The summed E-state index contributed by atoms with van der Waals surface area (Å²) in [6.07, 6.45) is -1.54. The zero-order valence-corrected chi connectivity index (χ0v) is 8.24. The van der Waals surface area contributed by atoms with Crippen LogP contribution in [0.3, 0.4) is 0 Å². The monoisotopic (exact) mass is 228 g/mol. The van der Waals surface area contributed by atoms with Gasteiger partial charge in [0, 0.05) is 6.54 Å². The number of aliphatic hydroxyl groups excluding tert-OH is 2. The molecule has 88 valence electrons. The second-order valence-corrected chi connectivity index (χ2v) is 3.08. The lowest BCUT2D eigenvalue weighted by molar-refractivity contribution is 0.0213. The Hall–Kier alpha value is -1.77. The Bertz CT molecular complexity index is 398. The van der Waals surface area contributed by atoms with Crippen LogP contribution in [0.5, 0.6) is 0 Å². The highest BCUT2D eigenvalue weighted by atomic mass is 16.4. The minimum absolute atomic E-state index is 0.0930. The van der Waals surface area contributed by atoms with E-state index >= 15 is 0 Å². The van der Waals surface area contributed by atoms with Gasteiger partial charge in [0.25, 0.3) is 0 Å². The number of rotatable bonds is 4. The molecule has 8 nitrogen and oxygen atoms in total. The second kappa shape index (κ2) is 4.84. The van der Waals surface area contributed by atoms with Crippen molar-refractivity contribution < 1.29 is 20.1 Å². The molecule has 0 fully saturated rings. The first-order chi connectivity index (χ1) is 7.47. The van der Waals surface area contributed by atoms with Crippen LogP contribution in [0.2, 0.25) is 0 Å². The zero-order chi connectivity index (χ0) is 12.3. The lowest BCUT2D eigenvalue weighted by Crippen LogP contribution is -2.28. The summed E-state index contributed by atoms with van der Waals surface area (Å²) in [5.74, 6) is -1.62. The van der Waals surface area contributed by atoms with E-state index in [1.54, 1.807) is 0 Å². The summed E-state index contributed by atoms with van der Waals surface area (Å²) in [6.45, 7) is -0.185. The van der Waals surface area contributed by atoms with Crippen LogP contribution in [0.25, 0.3) is 0 Å². The molecule has 0 aliphatic rings. The molecule has 0 saturated heterocycles. The molecule has 0 radical (unpaired) electrons. The maximum absolute atomic E-state index is 10.7. The molecule has 0 spiro atoms. The molecular formula is C8H12N4O4. The minimum atomic E-state index is -1.39. The number of nitrogens with two attached hydrogens (primary N) is 2. The third kappa shape index (κ3) is 2.42. The van der Waals surface area contributed by atoms with E-state index in [0.717, 1.165) is 6.20 Å². The molecule has 2 atom stereocenters. The van der Waals surface area contributed by atoms with Gasteiger partial charge in [0.2, 0.25) is 0 Å². The van der Waals surface area contributed by atoms with Crippen molar-refractivity contribution >= 4 is 11.8 Å². The van der Waals surface area contributed by atoms with Crippen LogP contribution in [-0.4, -0.2) is 43.9 Å². The van der Waals surface area contributed by atoms with Crippen molar-refractivity contribution in [2.75, 3.05) is 12.3 Å². The quantitative estimate of drug-likeness (QED) is 0.400. The standard InChI is InChI=1S/C8H12N4O4/c9-1-4(13)6(14)3-2-11-7(10)5(12-3)8(15)16/h2,4,6,13-14H,1,9H2,(H2,10,11)(H,15,16). The molecule has 1 aromatic rings. The summed E-state index contributed by atoms with van der Waals surface area (Å²) in [6, 6.07) is 0. The van der Waals surface area contributed by atoms with E-state index in [-0.39, 0.29) is 18.1 Å². The highest BCUT2D eigenvalue weighted by Gasteiger charge is 2.21. The molecule has 0 amide bonds. The molecule has 8 heteroatoms. The lowest BCUT2D eigenvalue weighted by Gasteiger charge is -2.15. The number of aromatic nitrogens is 2. The maximum atomic E-state index is 10.7. The number of nitrogen functional groups attached to an aromatic ring is 1. The fourth-order valence-electron chi connectivity index (χ4n) is 1.04. The van der Waals surface area contributed by atoms with E-state index in [2.05, 4.69) is 9.97 Å². The molecule has 7 N–H and O–H groups in total. The average Bonchev–Trinajstić information content (AvgIpc) is 2.27. The number of carbonyl (C=O) groups is 1. The Kier molecular flexibility index (Phi) is 3.72. The summed E-state index contributed by atoms with van der Waals surface area (Å²) in [7, 11) is 0. The summed E-state index contributed by atoms with van der Waals surface area (Å²) >= 11 is 0. The largest absolute Gasteiger partial charge is 0.476 e. The van der Waals surface area contributed by atoms with Gasteiger partial charge in [-0.15, -0.1) is 0 Å². The summed E-state index contributed by atoms with van der Waals surface area (Å²) in [5, 5.41) is 27.5. The Morgan fingerprint density at radius 3 is 2.62 bits per heavy atom. The summed E-state index contributed by atoms with van der Waals surface area (Å²) in [4.78, 5) is 17.8. The average molecular weight is 228 g/mol. The van der Waals surface area contributed by atoms with Crippen LogP contribution in [-0.2, 0) is 0 Å². The molecule has 0 bridgehead atoms. The van der Waals surface area contributed by atoms with Crippen molar-refractivity contribution in [2.24, 2.45) is 5.73 Å². The van der Waals surface area contributed by atoms with Crippen LogP contribution < -0.4 is 11.5 Å². The first kappa shape index (κ1) is 12.3. The van der Waals surface area contributed by atoms with Crippen LogP contribution in [0.1, 0.15) is 22.3 Å². The van der Waals surface area contributed by atoms with Gasteiger partial charge in [-0.3, -0.25) is 0 Å². The van der Waals surface area contributed by atoms with Gasteiger partial charge in [-0.05, 0) is 0 Å². The van der Waals surface area contributed by atoms with E-state index < -0.39 is 23.9 Å². The lowest BCUT2D eigenvalue weighted by atomic mass is 10.1. The number of aromatic carboxylic acids is 1. The van der Waals surface area contributed by atoms with Gasteiger partial charge in [0.1, 0.15) is 6.10 Å². The normalized spacial score (nSPS) is 14.4. The smallest absolute Gasteiger partial charge is 0.358 e. The third-order valence-electron chi connectivity index (χ3n) is 1.93. The van der Waals surface area contributed by atoms with Crippen molar-refractivity contribution in [3.05, 3.63) is 17.6 Å². The predicted octanol–water partition coefficient (Wildman–Crippen LogP) is -1.89. The molecule has 16 heavy (non-hydrogen) atoms. The van der Waals surface area contributed by atoms with Crippen molar-refractivity contribution in [2.45, 2.75) is 12.2 Å². The predicted molar refractivity (Wildman–Crippen MR) is 53.4 cm³/mol. The SMILES string of the molecule is NCC(O)C(O)c1cnc(N)c(C(=O)O)n1. The van der Waals surface area contributed by atoms with Gasteiger partial charge in [0.15, 0.2) is 11.5 Å². The third-order valence-corrected chi connectivity index (χ3v) is 1.93. The van der Waals surface area contributed by atoms with E-state index in [9.17, 15) is 15.0 Å². The zero-order valence-electron chi connectivity index (χ0n) is 8.24. The fraction of sp³-hybridized carbons (Fsp3) is 0.375. The molecule has 0 aliphatic heterocycles.